The molecule has 0 aliphatic heterocycles. The minimum absolute atomic E-state index is 0.0719. The van der Waals surface area contributed by atoms with Gasteiger partial charge in [0.15, 0.2) is 11.6 Å². The van der Waals surface area contributed by atoms with E-state index >= 15 is 0 Å². The molecule has 0 unspecified atom stereocenters. The van der Waals surface area contributed by atoms with Gasteiger partial charge in [-0.25, -0.2) is 8.78 Å². The maximum absolute atomic E-state index is 13.6. The lowest BCUT2D eigenvalue weighted by molar-refractivity contribution is -0.136. The molecule has 0 bridgehead atoms. The number of ether oxygens (including phenoxy) is 3. The van der Waals surface area contributed by atoms with Gasteiger partial charge in [0, 0.05) is 24.9 Å². The van der Waals surface area contributed by atoms with Gasteiger partial charge in [-0.2, -0.15) is 4.39 Å². The lowest BCUT2D eigenvalue weighted by Crippen LogP contribution is -2.61. The Hall–Kier alpha value is -2.73. The number of rotatable bonds is 26. The number of hydrogen-bond donors (Lipinski definition) is 2. The summed E-state index contributed by atoms with van der Waals surface area (Å²) in [6.45, 7) is 2.76. The molecule has 0 aromatic heterocycles. The van der Waals surface area contributed by atoms with Crippen LogP contribution in [-0.4, -0.2) is 63.5 Å². The molecule has 2 saturated carbocycles. The largest absolute Gasteiger partial charge is 0.420 e. The summed E-state index contributed by atoms with van der Waals surface area (Å²) in [5, 5.41) is 6.25. The monoisotopic (exact) mass is 716 g/mol. The van der Waals surface area contributed by atoms with Gasteiger partial charge in [0.2, 0.25) is 23.4 Å². The van der Waals surface area contributed by atoms with Gasteiger partial charge in [-0.05, 0) is 49.7 Å². The third-order valence-electron chi connectivity index (χ3n) is 9.47. The van der Waals surface area contributed by atoms with Crippen LogP contribution in [0, 0.1) is 22.9 Å². The number of carbonyl (C=O) groups is 3. The van der Waals surface area contributed by atoms with Gasteiger partial charge in [0.25, 0.3) is 0 Å². The molecular weight excluding hydrogens is 656 g/mol. The fourth-order valence-corrected chi connectivity index (χ4v) is 6.82. The molecule has 1 aromatic rings. The number of halogens is 4. The SMILES string of the molecule is CCCCCCCCCCCCCCCC(=O)NC1CC2(C1)CC(NC(=O)CCOCCOCCC(=O)Oc1c(F)ccc(F)c1F)C2.CF. The van der Waals surface area contributed by atoms with Crippen LogP contribution in [0.1, 0.15) is 135 Å². The van der Waals surface area contributed by atoms with Crippen molar-refractivity contribution < 1.29 is 46.2 Å². The number of benzene rings is 1. The molecule has 50 heavy (non-hydrogen) atoms. The molecular formula is C38H60F4N2O6. The molecule has 2 fully saturated rings. The van der Waals surface area contributed by atoms with Crippen LogP contribution >= 0.6 is 0 Å². The Morgan fingerprint density at radius 1 is 0.640 bits per heavy atom. The van der Waals surface area contributed by atoms with E-state index in [2.05, 4.69) is 22.3 Å². The standard InChI is InChI=1S/C37H57F3N2O6.CH3F/c1-2-3-4-5-6-7-8-9-10-11-12-13-14-15-32(43)41-28-24-37(25-28)26-29(27-37)42-33(44)18-20-46-22-23-47-21-19-34(45)48-36-31(39)17-16-30(38)35(36)40;1-2/h16-17,28-29H,2-15,18-27H2,1H3,(H,41,43)(H,42,44);1H3. The molecule has 3 rings (SSSR count). The fourth-order valence-electron chi connectivity index (χ4n) is 6.82. The third-order valence-corrected chi connectivity index (χ3v) is 9.47. The van der Waals surface area contributed by atoms with Crippen molar-refractivity contribution in [3.05, 3.63) is 29.6 Å². The molecule has 0 heterocycles. The summed E-state index contributed by atoms with van der Waals surface area (Å²) >= 11 is 0. The first kappa shape index (κ1) is 43.4. The van der Waals surface area contributed by atoms with E-state index in [0.717, 1.165) is 38.5 Å². The van der Waals surface area contributed by atoms with Crippen LogP contribution in [0.5, 0.6) is 5.75 Å². The summed E-state index contributed by atoms with van der Waals surface area (Å²) in [5.41, 5.74) is 0.255. The van der Waals surface area contributed by atoms with Crippen molar-refractivity contribution >= 4 is 17.8 Å². The van der Waals surface area contributed by atoms with Crippen LogP contribution < -0.4 is 15.4 Å². The molecule has 2 aliphatic rings. The smallest absolute Gasteiger partial charge is 0.313 e. The Balaban J connectivity index is 0.00000425. The molecule has 1 spiro atoms. The van der Waals surface area contributed by atoms with E-state index in [9.17, 15) is 31.9 Å². The van der Waals surface area contributed by atoms with Crippen LogP contribution in [0.25, 0.3) is 0 Å². The Kier molecular flexibility index (Phi) is 21.9. The summed E-state index contributed by atoms with van der Waals surface area (Å²) in [5.74, 6) is -6.00. The lowest BCUT2D eigenvalue weighted by Gasteiger charge is -2.57. The van der Waals surface area contributed by atoms with Crippen molar-refractivity contribution in [1.82, 2.24) is 10.6 Å². The number of alkyl halides is 1. The van der Waals surface area contributed by atoms with Crippen molar-refractivity contribution in [1.29, 1.82) is 0 Å². The first-order valence-electron chi connectivity index (χ1n) is 18.7. The number of nitrogens with one attached hydrogen (secondary N) is 2. The van der Waals surface area contributed by atoms with Gasteiger partial charge in [0.1, 0.15) is 0 Å². The fraction of sp³-hybridized carbons (Fsp3) is 0.763. The van der Waals surface area contributed by atoms with Crippen molar-refractivity contribution in [2.75, 3.05) is 33.6 Å². The lowest BCUT2D eigenvalue weighted by atomic mass is 9.52. The first-order chi connectivity index (χ1) is 24.2. The highest BCUT2D eigenvalue weighted by Gasteiger charge is 2.53. The third kappa shape index (κ3) is 17.0. The van der Waals surface area contributed by atoms with E-state index in [1.807, 2.05) is 0 Å². The molecule has 8 nitrogen and oxygen atoms in total. The van der Waals surface area contributed by atoms with E-state index < -0.39 is 29.2 Å². The molecule has 286 valence electrons. The van der Waals surface area contributed by atoms with Crippen LogP contribution in [0.2, 0.25) is 0 Å². The maximum Gasteiger partial charge on any atom is 0.313 e. The minimum Gasteiger partial charge on any atom is -0.420 e. The highest BCUT2D eigenvalue weighted by molar-refractivity contribution is 5.77. The number of carbonyl (C=O) groups excluding carboxylic acids is 3. The van der Waals surface area contributed by atoms with E-state index in [1.54, 1.807) is 0 Å². The average Bonchev–Trinajstić information content (AvgIpc) is 3.07. The molecule has 12 heteroatoms. The second kappa shape index (κ2) is 25.3. The van der Waals surface area contributed by atoms with Gasteiger partial charge in [-0.15, -0.1) is 0 Å². The van der Waals surface area contributed by atoms with Crippen molar-refractivity contribution in [3.8, 4) is 5.75 Å². The zero-order valence-corrected chi connectivity index (χ0v) is 30.2. The summed E-state index contributed by atoms with van der Waals surface area (Å²) in [6, 6.07) is 1.70. The van der Waals surface area contributed by atoms with Crippen LogP contribution in [-0.2, 0) is 23.9 Å². The van der Waals surface area contributed by atoms with Crippen molar-refractivity contribution in [2.45, 2.75) is 147 Å². The predicted molar refractivity (Wildman–Crippen MR) is 185 cm³/mol. The molecule has 2 aliphatic carbocycles. The van der Waals surface area contributed by atoms with Crippen LogP contribution in [0.4, 0.5) is 17.6 Å². The Morgan fingerprint density at radius 2 is 1.08 bits per heavy atom. The minimum atomic E-state index is -1.56. The summed E-state index contributed by atoms with van der Waals surface area (Å²) in [7, 11) is 0.500. The van der Waals surface area contributed by atoms with Crippen molar-refractivity contribution in [3.63, 3.8) is 0 Å². The maximum atomic E-state index is 13.6. The molecule has 1 aromatic carbocycles. The van der Waals surface area contributed by atoms with E-state index in [0.29, 0.717) is 25.7 Å². The highest BCUT2D eigenvalue weighted by atomic mass is 19.2. The summed E-state index contributed by atoms with van der Waals surface area (Å²) in [4.78, 5) is 36.3. The van der Waals surface area contributed by atoms with Crippen molar-refractivity contribution in [2.24, 2.45) is 5.41 Å². The topological polar surface area (TPSA) is 103 Å². The zero-order chi connectivity index (χ0) is 36.6. The number of hydrogen-bond acceptors (Lipinski definition) is 6. The van der Waals surface area contributed by atoms with Gasteiger partial charge < -0.3 is 24.8 Å². The average molecular weight is 717 g/mol. The summed E-state index contributed by atoms with van der Waals surface area (Å²) in [6.07, 6.45) is 21.3. The quantitative estimate of drug-likeness (QED) is 0.0328. The van der Waals surface area contributed by atoms with Gasteiger partial charge in [0.05, 0.1) is 40.0 Å². The second-order valence-electron chi connectivity index (χ2n) is 13.7. The second-order valence-corrected chi connectivity index (χ2v) is 13.7. The molecule has 2 amide bonds. The Bertz CT molecular complexity index is 1130. The molecule has 0 saturated heterocycles. The summed E-state index contributed by atoms with van der Waals surface area (Å²) < 4.78 is 65.0. The number of esters is 1. The van der Waals surface area contributed by atoms with Crippen LogP contribution in [0.15, 0.2) is 12.1 Å². The van der Waals surface area contributed by atoms with Gasteiger partial charge >= 0.3 is 5.97 Å². The van der Waals surface area contributed by atoms with E-state index in [-0.39, 0.29) is 68.6 Å². The predicted octanol–water partition coefficient (Wildman–Crippen LogP) is 8.43. The molecule has 0 atom stereocenters. The zero-order valence-electron chi connectivity index (χ0n) is 30.2. The van der Waals surface area contributed by atoms with Crippen LogP contribution in [0.3, 0.4) is 0 Å². The van der Waals surface area contributed by atoms with E-state index in [1.165, 1.54) is 70.6 Å². The normalized spacial score (nSPS) is 19.2. The first-order valence-corrected chi connectivity index (χ1v) is 18.7. The molecule has 2 N–H and O–H groups in total. The van der Waals surface area contributed by atoms with Gasteiger partial charge in [-0.3, -0.25) is 18.8 Å². The number of unbranched alkanes of at least 4 members (excludes halogenated alkanes) is 12. The Labute approximate surface area is 296 Å². The molecule has 0 radical (unpaired) electrons. The highest BCUT2D eigenvalue weighted by Crippen LogP contribution is 2.55. The van der Waals surface area contributed by atoms with E-state index in [4.69, 9.17) is 9.47 Å². The number of amides is 2. The Morgan fingerprint density at radius 3 is 1.60 bits per heavy atom. The van der Waals surface area contributed by atoms with Gasteiger partial charge in [-0.1, -0.05) is 84.0 Å².